The highest BCUT2D eigenvalue weighted by atomic mass is 16.5. The summed E-state index contributed by atoms with van der Waals surface area (Å²) in [6.07, 6.45) is 0.367. The molecular weight excluding hydrogens is 382 g/mol. The second-order valence-electron chi connectivity index (χ2n) is 7.14. The minimum absolute atomic E-state index is 0.264. The molecule has 6 nitrogen and oxygen atoms in total. The summed E-state index contributed by atoms with van der Waals surface area (Å²) in [5.74, 6) is -1.50. The Hall–Kier alpha value is -3.67. The minimum Gasteiger partial charge on any atom is -0.467 e. The SMILES string of the molecule is COC(=O)[C@@H]1Cc2ccccc2CN1C(=O)COC(=O)c1cccc2ccccc12. The molecule has 3 aromatic carbocycles. The Morgan fingerprint density at radius 3 is 2.43 bits per heavy atom. The number of hydrogen-bond acceptors (Lipinski definition) is 5. The molecule has 4 rings (SSSR count). The molecule has 0 unspecified atom stereocenters. The molecule has 0 saturated heterocycles. The summed E-state index contributed by atoms with van der Waals surface area (Å²) in [6, 6.07) is 19.7. The molecular formula is C24H21NO5. The average molecular weight is 403 g/mol. The molecule has 0 bridgehead atoms. The number of benzene rings is 3. The molecule has 0 aromatic heterocycles. The van der Waals surface area contributed by atoms with Gasteiger partial charge in [-0.25, -0.2) is 9.59 Å². The molecule has 1 atom stereocenters. The summed E-state index contributed by atoms with van der Waals surface area (Å²) in [4.78, 5) is 39.2. The van der Waals surface area contributed by atoms with Crippen molar-refractivity contribution in [1.82, 2.24) is 4.90 Å². The van der Waals surface area contributed by atoms with Crippen molar-refractivity contribution in [2.24, 2.45) is 0 Å². The number of rotatable bonds is 4. The molecule has 6 heteroatoms. The van der Waals surface area contributed by atoms with Crippen LogP contribution in [0.4, 0.5) is 0 Å². The van der Waals surface area contributed by atoms with Crippen LogP contribution in [0.15, 0.2) is 66.7 Å². The molecule has 0 saturated carbocycles. The van der Waals surface area contributed by atoms with E-state index in [1.165, 1.54) is 12.0 Å². The van der Waals surface area contributed by atoms with Crippen molar-refractivity contribution in [1.29, 1.82) is 0 Å². The van der Waals surface area contributed by atoms with Crippen molar-refractivity contribution in [3.63, 3.8) is 0 Å². The van der Waals surface area contributed by atoms with Crippen LogP contribution in [0.1, 0.15) is 21.5 Å². The maximum Gasteiger partial charge on any atom is 0.339 e. The lowest BCUT2D eigenvalue weighted by Gasteiger charge is -2.35. The van der Waals surface area contributed by atoms with Crippen molar-refractivity contribution in [2.45, 2.75) is 19.0 Å². The molecule has 1 aliphatic rings. The van der Waals surface area contributed by atoms with Gasteiger partial charge < -0.3 is 14.4 Å². The number of amides is 1. The Morgan fingerprint density at radius 1 is 0.933 bits per heavy atom. The van der Waals surface area contributed by atoms with Crippen LogP contribution in [0.5, 0.6) is 0 Å². The second kappa shape index (κ2) is 8.37. The van der Waals surface area contributed by atoms with Crippen molar-refractivity contribution in [2.75, 3.05) is 13.7 Å². The number of esters is 2. The van der Waals surface area contributed by atoms with Crippen LogP contribution in [0.25, 0.3) is 10.8 Å². The molecule has 1 heterocycles. The Bertz CT molecular complexity index is 1120. The van der Waals surface area contributed by atoms with Gasteiger partial charge in [0.2, 0.25) is 0 Å². The van der Waals surface area contributed by atoms with Crippen molar-refractivity contribution >= 4 is 28.6 Å². The molecule has 3 aromatic rings. The molecule has 0 spiro atoms. The first-order chi connectivity index (χ1) is 14.6. The number of methoxy groups -OCH3 is 1. The van der Waals surface area contributed by atoms with Gasteiger partial charge in [-0.15, -0.1) is 0 Å². The number of carbonyl (C=O) groups is 3. The predicted octanol–water partition coefficient (Wildman–Crippen LogP) is 3.12. The van der Waals surface area contributed by atoms with Crippen LogP contribution in [-0.4, -0.2) is 42.5 Å². The summed E-state index contributed by atoms with van der Waals surface area (Å²) in [6.45, 7) is -0.182. The van der Waals surface area contributed by atoms with E-state index in [1.807, 2.05) is 54.6 Å². The summed E-state index contributed by atoms with van der Waals surface area (Å²) in [5, 5.41) is 1.67. The van der Waals surface area contributed by atoms with E-state index in [4.69, 9.17) is 9.47 Å². The minimum atomic E-state index is -0.742. The third-order valence-electron chi connectivity index (χ3n) is 5.38. The number of carbonyl (C=O) groups excluding carboxylic acids is 3. The zero-order valence-electron chi connectivity index (χ0n) is 16.5. The monoisotopic (exact) mass is 403 g/mol. The molecule has 1 aliphatic heterocycles. The second-order valence-corrected chi connectivity index (χ2v) is 7.14. The van der Waals surface area contributed by atoms with Gasteiger partial charge in [0.05, 0.1) is 12.7 Å². The highest BCUT2D eigenvalue weighted by Gasteiger charge is 2.35. The normalized spacial score (nSPS) is 15.4. The Kier molecular flexibility index (Phi) is 5.48. The molecule has 0 radical (unpaired) electrons. The van der Waals surface area contributed by atoms with E-state index in [9.17, 15) is 14.4 Å². The van der Waals surface area contributed by atoms with Crippen LogP contribution >= 0.6 is 0 Å². The number of fused-ring (bicyclic) bond motifs is 2. The fraction of sp³-hybridized carbons (Fsp3) is 0.208. The van der Waals surface area contributed by atoms with Crippen LogP contribution in [0.2, 0.25) is 0 Å². The van der Waals surface area contributed by atoms with E-state index in [1.54, 1.807) is 12.1 Å². The highest BCUT2D eigenvalue weighted by Crippen LogP contribution is 2.24. The lowest BCUT2D eigenvalue weighted by Crippen LogP contribution is -2.50. The molecule has 1 amide bonds. The number of nitrogens with zero attached hydrogens (tertiary/aromatic N) is 1. The number of ether oxygens (including phenoxy) is 2. The topological polar surface area (TPSA) is 72.9 Å². The lowest BCUT2D eigenvalue weighted by molar-refractivity contribution is -0.155. The molecule has 0 N–H and O–H groups in total. The number of hydrogen-bond donors (Lipinski definition) is 0. The van der Waals surface area contributed by atoms with E-state index < -0.39 is 30.5 Å². The molecule has 0 aliphatic carbocycles. The molecule has 152 valence electrons. The lowest BCUT2D eigenvalue weighted by atomic mass is 9.94. The van der Waals surface area contributed by atoms with Crippen LogP contribution in [0.3, 0.4) is 0 Å². The van der Waals surface area contributed by atoms with Gasteiger partial charge in [0, 0.05) is 13.0 Å². The Morgan fingerprint density at radius 2 is 1.63 bits per heavy atom. The van der Waals surface area contributed by atoms with Gasteiger partial charge in [0.15, 0.2) is 6.61 Å². The van der Waals surface area contributed by atoms with Crippen molar-refractivity contribution in [3.05, 3.63) is 83.4 Å². The predicted molar refractivity (Wildman–Crippen MR) is 111 cm³/mol. The van der Waals surface area contributed by atoms with Crippen LogP contribution in [-0.2, 0) is 32.0 Å². The van der Waals surface area contributed by atoms with E-state index in [0.717, 1.165) is 21.9 Å². The zero-order chi connectivity index (χ0) is 21.1. The van der Waals surface area contributed by atoms with Crippen LogP contribution < -0.4 is 0 Å². The third kappa shape index (κ3) is 3.76. The highest BCUT2D eigenvalue weighted by molar-refractivity contribution is 6.05. The maximum absolute atomic E-state index is 12.9. The Labute approximate surface area is 174 Å². The standard InChI is InChI=1S/C24H21NO5/c1-29-24(28)21-13-17-8-2-3-9-18(17)14-25(21)22(26)15-30-23(27)20-12-6-10-16-7-4-5-11-19(16)20/h2-12,21H,13-15H2,1H3/t21-/m0/s1. The van der Waals surface area contributed by atoms with Gasteiger partial charge in [0.25, 0.3) is 5.91 Å². The fourth-order valence-corrected chi connectivity index (χ4v) is 3.82. The summed E-state index contributed by atoms with van der Waals surface area (Å²) in [7, 11) is 1.30. The maximum atomic E-state index is 12.9. The smallest absolute Gasteiger partial charge is 0.339 e. The van der Waals surface area contributed by atoms with Gasteiger partial charge in [-0.2, -0.15) is 0 Å². The summed E-state index contributed by atoms with van der Waals surface area (Å²) < 4.78 is 10.2. The molecule has 30 heavy (non-hydrogen) atoms. The van der Waals surface area contributed by atoms with E-state index >= 15 is 0 Å². The van der Waals surface area contributed by atoms with Crippen molar-refractivity contribution < 1.29 is 23.9 Å². The summed E-state index contributed by atoms with van der Waals surface area (Å²) >= 11 is 0. The van der Waals surface area contributed by atoms with E-state index in [-0.39, 0.29) is 6.54 Å². The van der Waals surface area contributed by atoms with E-state index in [2.05, 4.69) is 0 Å². The van der Waals surface area contributed by atoms with Gasteiger partial charge in [-0.3, -0.25) is 4.79 Å². The Balaban J connectivity index is 1.51. The van der Waals surface area contributed by atoms with Crippen molar-refractivity contribution in [3.8, 4) is 0 Å². The quantitative estimate of drug-likeness (QED) is 0.626. The first kappa shape index (κ1) is 19.6. The summed E-state index contributed by atoms with van der Waals surface area (Å²) in [5.41, 5.74) is 2.37. The van der Waals surface area contributed by atoms with Gasteiger partial charge in [-0.05, 0) is 28.0 Å². The molecule has 0 fully saturated rings. The van der Waals surface area contributed by atoms with Gasteiger partial charge in [-0.1, -0.05) is 60.7 Å². The first-order valence-electron chi connectivity index (χ1n) is 9.67. The van der Waals surface area contributed by atoms with E-state index in [0.29, 0.717) is 12.0 Å². The average Bonchev–Trinajstić information content (AvgIpc) is 2.80. The zero-order valence-corrected chi connectivity index (χ0v) is 16.5. The van der Waals surface area contributed by atoms with Crippen LogP contribution in [0, 0.1) is 0 Å². The van der Waals surface area contributed by atoms with Gasteiger partial charge in [0.1, 0.15) is 6.04 Å². The third-order valence-corrected chi connectivity index (χ3v) is 5.38. The van der Waals surface area contributed by atoms with Gasteiger partial charge >= 0.3 is 11.9 Å². The first-order valence-corrected chi connectivity index (χ1v) is 9.67. The largest absolute Gasteiger partial charge is 0.467 e. The fourth-order valence-electron chi connectivity index (χ4n) is 3.82.